The van der Waals surface area contributed by atoms with Crippen molar-refractivity contribution < 1.29 is 0 Å². The summed E-state index contributed by atoms with van der Waals surface area (Å²) in [4.78, 5) is 0. The molecule has 0 aliphatic carbocycles. The summed E-state index contributed by atoms with van der Waals surface area (Å²) in [6.07, 6.45) is 3.87. The van der Waals surface area contributed by atoms with E-state index in [0.29, 0.717) is 5.92 Å². The van der Waals surface area contributed by atoms with Crippen LogP contribution >= 0.6 is 11.8 Å². The van der Waals surface area contributed by atoms with Crippen molar-refractivity contribution in [3.63, 3.8) is 0 Å². The standard InChI is InChI=1S/C12H21N7S/c1-10(2)6-13-4-5-19-12(15-16-17-19)20-9-11-7-14-18(3)8-11/h7-8,10,13H,4-6,9H2,1-3H3. The Morgan fingerprint density at radius 3 is 2.95 bits per heavy atom. The van der Waals surface area contributed by atoms with Gasteiger partial charge in [0, 0.05) is 31.1 Å². The molecule has 0 saturated heterocycles. The van der Waals surface area contributed by atoms with Crippen LogP contribution in [0.1, 0.15) is 19.4 Å². The molecule has 0 radical (unpaired) electrons. The number of tetrazole rings is 1. The molecule has 2 aromatic rings. The van der Waals surface area contributed by atoms with Crippen molar-refractivity contribution in [2.24, 2.45) is 13.0 Å². The lowest BCUT2D eigenvalue weighted by Gasteiger charge is -2.07. The highest BCUT2D eigenvalue weighted by atomic mass is 32.2. The largest absolute Gasteiger partial charge is 0.315 e. The van der Waals surface area contributed by atoms with E-state index < -0.39 is 0 Å². The maximum absolute atomic E-state index is 4.15. The van der Waals surface area contributed by atoms with Gasteiger partial charge in [-0.1, -0.05) is 25.6 Å². The molecule has 0 atom stereocenters. The molecular formula is C12H21N7S. The normalized spacial score (nSPS) is 11.4. The lowest BCUT2D eigenvalue weighted by Crippen LogP contribution is -2.24. The van der Waals surface area contributed by atoms with Gasteiger partial charge in [-0.2, -0.15) is 5.10 Å². The van der Waals surface area contributed by atoms with Crippen molar-refractivity contribution in [2.75, 3.05) is 13.1 Å². The molecule has 0 fully saturated rings. The first-order valence-electron chi connectivity index (χ1n) is 6.72. The Kier molecular flexibility index (Phi) is 5.54. The second kappa shape index (κ2) is 7.39. The second-order valence-electron chi connectivity index (χ2n) is 5.09. The Labute approximate surface area is 123 Å². The van der Waals surface area contributed by atoms with Crippen LogP contribution in [0, 0.1) is 5.92 Å². The van der Waals surface area contributed by atoms with E-state index in [1.807, 2.05) is 24.1 Å². The number of aryl methyl sites for hydroxylation is 1. The molecule has 0 saturated carbocycles. The minimum absolute atomic E-state index is 0.656. The van der Waals surface area contributed by atoms with Gasteiger partial charge >= 0.3 is 0 Å². The molecular weight excluding hydrogens is 274 g/mol. The van der Waals surface area contributed by atoms with Gasteiger partial charge in [0.2, 0.25) is 5.16 Å². The van der Waals surface area contributed by atoms with E-state index in [4.69, 9.17) is 0 Å². The van der Waals surface area contributed by atoms with Gasteiger partial charge in [-0.15, -0.1) is 5.10 Å². The van der Waals surface area contributed by atoms with E-state index in [1.54, 1.807) is 16.4 Å². The fraction of sp³-hybridized carbons (Fsp3) is 0.667. The molecule has 0 aliphatic heterocycles. The average Bonchev–Trinajstić information content (AvgIpc) is 3.01. The monoisotopic (exact) mass is 295 g/mol. The van der Waals surface area contributed by atoms with Crippen LogP contribution in [-0.2, 0) is 19.3 Å². The van der Waals surface area contributed by atoms with Crippen LogP contribution in [0.15, 0.2) is 17.6 Å². The predicted octanol–water partition coefficient (Wildman–Crippen LogP) is 0.944. The van der Waals surface area contributed by atoms with Crippen LogP contribution in [0.4, 0.5) is 0 Å². The molecule has 7 nitrogen and oxygen atoms in total. The van der Waals surface area contributed by atoms with Gasteiger partial charge in [-0.05, 0) is 22.9 Å². The Morgan fingerprint density at radius 2 is 2.25 bits per heavy atom. The molecule has 0 bridgehead atoms. The quantitative estimate of drug-likeness (QED) is 0.577. The highest BCUT2D eigenvalue weighted by Crippen LogP contribution is 2.19. The molecule has 0 aliphatic rings. The SMILES string of the molecule is CC(C)CNCCn1nnnc1SCc1cnn(C)c1. The van der Waals surface area contributed by atoms with E-state index in [1.165, 1.54) is 5.56 Å². The predicted molar refractivity (Wildman–Crippen MR) is 78.3 cm³/mol. The Bertz CT molecular complexity index is 519. The van der Waals surface area contributed by atoms with Gasteiger partial charge in [-0.25, -0.2) is 4.68 Å². The average molecular weight is 295 g/mol. The molecule has 8 heteroatoms. The van der Waals surface area contributed by atoms with Crippen molar-refractivity contribution in [2.45, 2.75) is 31.3 Å². The summed E-state index contributed by atoms with van der Waals surface area (Å²) in [6, 6.07) is 0. The van der Waals surface area contributed by atoms with Crippen LogP contribution < -0.4 is 5.32 Å². The number of aromatic nitrogens is 6. The summed E-state index contributed by atoms with van der Waals surface area (Å²) in [5, 5.41) is 20.2. The Hall–Kier alpha value is -1.41. The first kappa shape index (κ1) is 15.0. The number of thioether (sulfide) groups is 1. The summed E-state index contributed by atoms with van der Waals surface area (Å²) in [7, 11) is 1.92. The molecule has 0 amide bonds. The van der Waals surface area contributed by atoms with E-state index in [9.17, 15) is 0 Å². The number of hydrogen-bond donors (Lipinski definition) is 1. The van der Waals surface area contributed by atoms with E-state index in [0.717, 1.165) is 30.5 Å². The van der Waals surface area contributed by atoms with Crippen LogP contribution in [0.3, 0.4) is 0 Å². The zero-order valence-electron chi connectivity index (χ0n) is 12.2. The second-order valence-corrected chi connectivity index (χ2v) is 6.04. The Morgan fingerprint density at radius 1 is 1.40 bits per heavy atom. The minimum Gasteiger partial charge on any atom is -0.315 e. The summed E-state index contributed by atoms with van der Waals surface area (Å²) in [6.45, 7) is 7.07. The number of rotatable bonds is 8. The molecule has 0 spiro atoms. The maximum atomic E-state index is 4.15. The topological polar surface area (TPSA) is 73.5 Å². The smallest absolute Gasteiger partial charge is 0.209 e. The van der Waals surface area contributed by atoms with Crippen molar-refractivity contribution in [1.29, 1.82) is 0 Å². The molecule has 110 valence electrons. The third-order valence-electron chi connectivity index (χ3n) is 2.68. The lowest BCUT2D eigenvalue weighted by molar-refractivity contribution is 0.482. The molecule has 2 heterocycles. The van der Waals surface area contributed by atoms with Gasteiger partial charge < -0.3 is 5.32 Å². The maximum Gasteiger partial charge on any atom is 0.209 e. The zero-order chi connectivity index (χ0) is 14.4. The van der Waals surface area contributed by atoms with E-state index >= 15 is 0 Å². The number of nitrogens with one attached hydrogen (secondary N) is 1. The van der Waals surface area contributed by atoms with Gasteiger partial charge in [0.05, 0.1) is 12.7 Å². The molecule has 20 heavy (non-hydrogen) atoms. The van der Waals surface area contributed by atoms with Gasteiger partial charge in [0.25, 0.3) is 0 Å². The van der Waals surface area contributed by atoms with E-state index in [2.05, 4.69) is 39.8 Å². The fourth-order valence-electron chi connectivity index (χ4n) is 1.71. The molecule has 2 aromatic heterocycles. The van der Waals surface area contributed by atoms with Crippen molar-refractivity contribution in [3.8, 4) is 0 Å². The Balaban J connectivity index is 1.79. The highest BCUT2D eigenvalue weighted by Gasteiger charge is 2.07. The first-order chi connectivity index (χ1) is 9.65. The molecule has 0 aromatic carbocycles. The number of nitrogens with zero attached hydrogens (tertiary/aromatic N) is 6. The fourth-order valence-corrected chi connectivity index (χ4v) is 2.53. The summed E-state index contributed by atoms with van der Waals surface area (Å²) >= 11 is 1.63. The molecule has 0 unspecified atom stereocenters. The minimum atomic E-state index is 0.656. The summed E-state index contributed by atoms with van der Waals surface area (Å²) in [5.74, 6) is 1.48. The van der Waals surface area contributed by atoms with Crippen LogP contribution in [0.2, 0.25) is 0 Å². The first-order valence-corrected chi connectivity index (χ1v) is 7.71. The van der Waals surface area contributed by atoms with E-state index in [-0.39, 0.29) is 0 Å². The molecule has 1 N–H and O–H groups in total. The molecule has 2 rings (SSSR count). The van der Waals surface area contributed by atoms with Crippen molar-refractivity contribution >= 4 is 11.8 Å². The van der Waals surface area contributed by atoms with Crippen LogP contribution in [-0.4, -0.2) is 43.1 Å². The van der Waals surface area contributed by atoms with Crippen LogP contribution in [0.5, 0.6) is 0 Å². The highest BCUT2D eigenvalue weighted by molar-refractivity contribution is 7.98. The third kappa shape index (κ3) is 4.61. The van der Waals surface area contributed by atoms with Gasteiger partial charge in [0.1, 0.15) is 0 Å². The summed E-state index contributed by atoms with van der Waals surface area (Å²) < 4.78 is 3.64. The van der Waals surface area contributed by atoms with Crippen LogP contribution in [0.25, 0.3) is 0 Å². The van der Waals surface area contributed by atoms with Crippen molar-refractivity contribution in [1.82, 2.24) is 35.3 Å². The lowest BCUT2D eigenvalue weighted by atomic mass is 10.2. The number of hydrogen-bond acceptors (Lipinski definition) is 6. The third-order valence-corrected chi connectivity index (χ3v) is 3.71. The zero-order valence-corrected chi connectivity index (χ0v) is 13.0. The van der Waals surface area contributed by atoms with Crippen molar-refractivity contribution in [3.05, 3.63) is 18.0 Å². The van der Waals surface area contributed by atoms with Gasteiger partial charge in [-0.3, -0.25) is 4.68 Å². The summed E-state index contributed by atoms with van der Waals surface area (Å²) in [5.41, 5.74) is 1.17. The van der Waals surface area contributed by atoms with Gasteiger partial charge in [0.15, 0.2) is 0 Å².